The summed E-state index contributed by atoms with van der Waals surface area (Å²) >= 11 is 6.16. The number of nitrogen functional groups attached to an aromatic ring is 1. The van der Waals surface area contributed by atoms with Gasteiger partial charge >= 0.3 is 0 Å². The smallest absolute Gasteiger partial charge is 0.154 e. The second-order valence-corrected chi connectivity index (χ2v) is 5.59. The Morgan fingerprint density at radius 3 is 2.43 bits per heavy atom. The highest BCUT2D eigenvalue weighted by atomic mass is 35.5. The molecule has 0 aliphatic rings. The van der Waals surface area contributed by atoms with Gasteiger partial charge in [-0.3, -0.25) is 0 Å². The fourth-order valence-corrected chi connectivity index (χ4v) is 2.45. The molecule has 1 heterocycles. The summed E-state index contributed by atoms with van der Waals surface area (Å²) in [5.74, 6) is 0. The van der Waals surface area contributed by atoms with Gasteiger partial charge in [-0.15, -0.1) is 0 Å². The minimum Gasteiger partial charge on any atom is -0.398 e. The number of para-hydroxylation sites is 1. The average molecular weight is 322 g/mol. The van der Waals surface area contributed by atoms with Crippen LogP contribution >= 0.6 is 11.6 Å². The third-order valence-electron chi connectivity index (χ3n) is 3.51. The predicted molar refractivity (Wildman–Crippen MR) is 96.6 cm³/mol. The zero-order valence-electron chi connectivity index (χ0n) is 12.7. The van der Waals surface area contributed by atoms with Crippen molar-refractivity contribution < 1.29 is 0 Å². The number of aromatic nitrogens is 1. The van der Waals surface area contributed by atoms with Gasteiger partial charge in [0.25, 0.3) is 0 Å². The van der Waals surface area contributed by atoms with Gasteiger partial charge < -0.3 is 5.73 Å². The first kappa shape index (κ1) is 15.3. The van der Waals surface area contributed by atoms with E-state index in [2.05, 4.69) is 24.0 Å². The molecule has 3 aromatic rings. The van der Waals surface area contributed by atoms with Crippen molar-refractivity contribution in [2.24, 2.45) is 4.99 Å². The summed E-state index contributed by atoms with van der Waals surface area (Å²) in [4.78, 5) is 8.81. The Morgan fingerprint density at radius 1 is 1.00 bits per heavy atom. The molecule has 0 aliphatic carbocycles. The van der Waals surface area contributed by atoms with Crippen LogP contribution < -0.4 is 5.73 Å². The Hall–Kier alpha value is -2.65. The van der Waals surface area contributed by atoms with Crippen molar-refractivity contribution in [2.75, 3.05) is 5.73 Å². The van der Waals surface area contributed by atoms with Crippen LogP contribution in [-0.4, -0.2) is 10.7 Å². The maximum absolute atomic E-state index is 6.16. The van der Waals surface area contributed by atoms with E-state index in [9.17, 15) is 0 Å². The Balaban J connectivity index is 2.20. The fourth-order valence-electron chi connectivity index (χ4n) is 2.29. The van der Waals surface area contributed by atoms with Crippen LogP contribution in [0.2, 0.25) is 5.15 Å². The maximum atomic E-state index is 6.16. The van der Waals surface area contributed by atoms with Gasteiger partial charge in [0.05, 0.1) is 5.71 Å². The molecule has 23 heavy (non-hydrogen) atoms. The van der Waals surface area contributed by atoms with Crippen molar-refractivity contribution in [1.29, 1.82) is 0 Å². The van der Waals surface area contributed by atoms with Crippen LogP contribution in [0.3, 0.4) is 0 Å². The van der Waals surface area contributed by atoms with Crippen LogP contribution in [0.15, 0.2) is 71.9 Å². The topological polar surface area (TPSA) is 51.3 Å². The van der Waals surface area contributed by atoms with Gasteiger partial charge in [-0.25, -0.2) is 9.98 Å². The predicted octanol–water partition coefficient (Wildman–Crippen LogP) is 4.79. The lowest BCUT2D eigenvalue weighted by Crippen LogP contribution is -2.06. The normalized spacial score (nSPS) is 11.5. The van der Waals surface area contributed by atoms with Crippen LogP contribution in [0, 0.1) is 6.92 Å². The van der Waals surface area contributed by atoms with Crippen molar-refractivity contribution in [1.82, 2.24) is 4.98 Å². The number of hydrogen-bond donors (Lipinski definition) is 1. The molecule has 114 valence electrons. The number of aliphatic imine (C=N–C) groups is 1. The molecule has 0 saturated heterocycles. The Morgan fingerprint density at radius 2 is 1.74 bits per heavy atom. The molecule has 3 nitrogen and oxygen atoms in total. The number of hydrogen-bond acceptors (Lipinski definition) is 3. The van der Waals surface area contributed by atoms with Gasteiger partial charge in [0, 0.05) is 23.0 Å². The van der Waals surface area contributed by atoms with Crippen LogP contribution in [0.5, 0.6) is 0 Å². The third-order valence-corrected chi connectivity index (χ3v) is 3.80. The molecule has 3 rings (SSSR count). The molecule has 0 saturated carbocycles. The fraction of sp³-hybridized carbons (Fsp3) is 0.0526. The third kappa shape index (κ3) is 3.41. The van der Waals surface area contributed by atoms with E-state index in [-0.39, 0.29) is 0 Å². The highest BCUT2D eigenvalue weighted by Crippen LogP contribution is 2.26. The van der Waals surface area contributed by atoms with Gasteiger partial charge in [-0.05, 0) is 25.1 Å². The number of anilines is 1. The maximum Gasteiger partial charge on any atom is 0.154 e. The van der Waals surface area contributed by atoms with Gasteiger partial charge in [0.15, 0.2) is 5.15 Å². The van der Waals surface area contributed by atoms with Crippen LogP contribution in [0.25, 0.3) is 0 Å². The Labute approximate surface area is 140 Å². The van der Waals surface area contributed by atoms with Crippen molar-refractivity contribution in [3.63, 3.8) is 0 Å². The highest BCUT2D eigenvalue weighted by molar-refractivity contribution is 6.32. The van der Waals surface area contributed by atoms with Crippen molar-refractivity contribution in [2.45, 2.75) is 6.92 Å². The second-order valence-electron chi connectivity index (χ2n) is 5.23. The number of nitrogens with two attached hydrogens (primary N) is 1. The summed E-state index contributed by atoms with van der Waals surface area (Å²) in [6, 6.07) is 19.5. The number of benzene rings is 2. The number of nitrogens with zero attached hydrogens (tertiary/aromatic N) is 2. The first-order valence-electron chi connectivity index (χ1n) is 7.26. The molecule has 0 amide bonds. The molecule has 0 aliphatic heterocycles. The SMILES string of the molecule is Cc1ccc(C(=Nc2cccnc2Cl)c2ccccc2N)cc1. The molecule has 0 unspecified atom stereocenters. The lowest BCUT2D eigenvalue weighted by molar-refractivity contribution is 1.30. The highest BCUT2D eigenvalue weighted by Gasteiger charge is 2.11. The van der Waals surface area contributed by atoms with Crippen LogP contribution in [0.4, 0.5) is 11.4 Å². The minimum atomic E-state index is 0.367. The molecule has 0 radical (unpaired) electrons. The zero-order valence-corrected chi connectivity index (χ0v) is 13.5. The molecule has 2 N–H and O–H groups in total. The molecular weight excluding hydrogens is 306 g/mol. The van der Waals surface area contributed by atoms with E-state index in [1.165, 1.54) is 5.56 Å². The van der Waals surface area contributed by atoms with Crippen LogP contribution in [0.1, 0.15) is 16.7 Å². The van der Waals surface area contributed by atoms with E-state index in [1.807, 2.05) is 48.5 Å². The van der Waals surface area contributed by atoms with E-state index >= 15 is 0 Å². The first-order chi connectivity index (χ1) is 11.1. The molecule has 1 aromatic heterocycles. The second kappa shape index (κ2) is 6.63. The summed E-state index contributed by atoms with van der Waals surface area (Å²) < 4.78 is 0. The molecule has 0 atom stereocenters. The van der Waals surface area contributed by atoms with Gasteiger partial charge in [-0.1, -0.05) is 59.6 Å². The monoisotopic (exact) mass is 321 g/mol. The van der Waals surface area contributed by atoms with E-state index < -0.39 is 0 Å². The lowest BCUT2D eigenvalue weighted by atomic mass is 9.99. The van der Waals surface area contributed by atoms with E-state index in [1.54, 1.807) is 6.20 Å². The molecule has 2 aromatic carbocycles. The van der Waals surface area contributed by atoms with E-state index in [0.717, 1.165) is 16.8 Å². The van der Waals surface area contributed by atoms with Gasteiger partial charge in [-0.2, -0.15) is 0 Å². The molecule has 4 heteroatoms. The molecular formula is C19H16ClN3. The van der Waals surface area contributed by atoms with E-state index in [0.29, 0.717) is 16.5 Å². The Bertz CT molecular complexity index is 854. The molecule has 0 bridgehead atoms. The van der Waals surface area contributed by atoms with Crippen LogP contribution in [-0.2, 0) is 0 Å². The number of halogens is 1. The first-order valence-corrected chi connectivity index (χ1v) is 7.64. The summed E-state index contributed by atoms with van der Waals surface area (Å²) in [5.41, 5.74) is 11.3. The lowest BCUT2D eigenvalue weighted by Gasteiger charge is -2.11. The number of aryl methyl sites for hydroxylation is 1. The quantitative estimate of drug-likeness (QED) is 0.428. The van der Waals surface area contributed by atoms with Crippen molar-refractivity contribution in [3.8, 4) is 0 Å². The zero-order chi connectivity index (χ0) is 16.2. The van der Waals surface area contributed by atoms with Gasteiger partial charge in [0.1, 0.15) is 5.69 Å². The van der Waals surface area contributed by atoms with Crippen molar-refractivity contribution >= 4 is 28.7 Å². The molecule has 0 fully saturated rings. The number of rotatable bonds is 3. The van der Waals surface area contributed by atoms with Crippen molar-refractivity contribution in [3.05, 3.63) is 88.7 Å². The van der Waals surface area contributed by atoms with Gasteiger partial charge in [0.2, 0.25) is 0 Å². The summed E-state index contributed by atoms with van der Waals surface area (Å²) in [6.45, 7) is 2.05. The molecule has 0 spiro atoms. The summed E-state index contributed by atoms with van der Waals surface area (Å²) in [5, 5.41) is 0.367. The summed E-state index contributed by atoms with van der Waals surface area (Å²) in [6.07, 6.45) is 1.64. The standard InChI is InChI=1S/C19H16ClN3/c1-13-8-10-14(11-9-13)18(15-5-2-3-6-16(15)21)23-17-7-4-12-22-19(17)20/h2-12H,21H2,1H3. The largest absolute Gasteiger partial charge is 0.398 e. The van der Waals surface area contributed by atoms with E-state index in [4.69, 9.17) is 22.3 Å². The average Bonchev–Trinajstić information content (AvgIpc) is 2.56. The summed E-state index contributed by atoms with van der Waals surface area (Å²) in [7, 11) is 0. The minimum absolute atomic E-state index is 0.367. The number of pyridine rings is 1. The Kier molecular flexibility index (Phi) is 4.40.